The highest BCUT2D eigenvalue weighted by Crippen LogP contribution is 2.55. The van der Waals surface area contributed by atoms with Crippen molar-refractivity contribution in [3.8, 4) is 5.75 Å². The first-order valence-corrected chi connectivity index (χ1v) is 6.30. The number of hydrogen-bond acceptors (Lipinski definition) is 3. The predicted octanol–water partition coefficient (Wildman–Crippen LogP) is 2.84. The number of hydrogen-bond donors (Lipinski definition) is 2. The Bertz CT molecular complexity index is 568. The van der Waals surface area contributed by atoms with Crippen LogP contribution < -0.4 is 4.74 Å². The van der Waals surface area contributed by atoms with Crippen LogP contribution >= 0.6 is 0 Å². The van der Waals surface area contributed by atoms with Crippen molar-refractivity contribution in [2.75, 3.05) is 7.11 Å². The Balaban J connectivity index is 2.74. The summed E-state index contributed by atoms with van der Waals surface area (Å²) < 4.78 is 58.2. The molecule has 1 aromatic rings. The molecule has 0 spiro atoms. The summed E-state index contributed by atoms with van der Waals surface area (Å²) in [5.74, 6) is -0.935. The minimum atomic E-state index is -5.01. The second-order valence-corrected chi connectivity index (χ2v) is 5.93. The van der Waals surface area contributed by atoms with Crippen molar-refractivity contribution in [1.82, 2.24) is 0 Å². The van der Waals surface area contributed by atoms with E-state index in [0.717, 1.165) is 12.1 Å². The van der Waals surface area contributed by atoms with Crippen molar-refractivity contribution < 1.29 is 32.5 Å². The molecule has 2 atom stereocenters. The Morgan fingerprint density at radius 2 is 1.86 bits per heavy atom. The van der Waals surface area contributed by atoms with E-state index in [1.54, 1.807) is 0 Å². The Kier molecular flexibility index (Phi) is 3.50. The fraction of sp³-hybridized carbons (Fsp3) is 0.571. The van der Waals surface area contributed by atoms with Gasteiger partial charge in [0.05, 0.1) is 7.11 Å². The molecule has 0 aromatic heterocycles. The fourth-order valence-electron chi connectivity index (χ4n) is 3.07. The Morgan fingerprint density at radius 3 is 2.33 bits per heavy atom. The summed E-state index contributed by atoms with van der Waals surface area (Å²) in [4.78, 5) is 0. The molecule has 0 amide bonds. The third-order valence-corrected chi connectivity index (χ3v) is 3.97. The van der Waals surface area contributed by atoms with Gasteiger partial charge in [-0.2, -0.15) is 13.2 Å². The average molecular weight is 308 g/mol. The molecule has 0 radical (unpaired) electrons. The highest BCUT2D eigenvalue weighted by atomic mass is 19.4. The Labute approximate surface area is 119 Å². The summed E-state index contributed by atoms with van der Waals surface area (Å²) in [5.41, 5.74) is -4.55. The number of rotatable bonds is 1. The largest absolute Gasteiger partial charge is 0.493 e. The van der Waals surface area contributed by atoms with Gasteiger partial charge in [-0.3, -0.25) is 0 Å². The van der Waals surface area contributed by atoms with E-state index in [0.29, 0.717) is 0 Å². The lowest BCUT2D eigenvalue weighted by Crippen LogP contribution is -2.56. The summed E-state index contributed by atoms with van der Waals surface area (Å²) in [7, 11) is 1.20. The Hall–Kier alpha value is -1.34. The van der Waals surface area contributed by atoms with E-state index in [1.165, 1.54) is 21.0 Å². The van der Waals surface area contributed by atoms with Gasteiger partial charge < -0.3 is 14.9 Å². The van der Waals surface area contributed by atoms with Crippen molar-refractivity contribution in [3.05, 3.63) is 29.1 Å². The number of halogens is 4. The molecule has 0 saturated carbocycles. The van der Waals surface area contributed by atoms with Gasteiger partial charge in [-0.25, -0.2) is 4.39 Å². The summed E-state index contributed by atoms with van der Waals surface area (Å²) in [6, 6.07) is 1.97. The lowest BCUT2D eigenvalue weighted by Gasteiger charge is -2.46. The maximum absolute atomic E-state index is 13.8. The number of methoxy groups -OCH3 is 1. The van der Waals surface area contributed by atoms with Crippen molar-refractivity contribution >= 4 is 0 Å². The number of aliphatic hydroxyl groups excluding tert-OH is 1. The number of aliphatic hydroxyl groups is 2. The van der Waals surface area contributed by atoms with Gasteiger partial charge in [-0.1, -0.05) is 19.9 Å². The van der Waals surface area contributed by atoms with Gasteiger partial charge in [0.2, 0.25) is 0 Å². The first kappa shape index (κ1) is 16.0. The first-order valence-electron chi connectivity index (χ1n) is 6.30. The Morgan fingerprint density at radius 1 is 1.29 bits per heavy atom. The van der Waals surface area contributed by atoms with Crippen molar-refractivity contribution in [3.63, 3.8) is 0 Å². The van der Waals surface area contributed by atoms with Crippen LogP contribution in [-0.4, -0.2) is 29.1 Å². The normalized spacial score (nSPS) is 28.1. The number of ether oxygens (including phenoxy) is 1. The number of benzene rings is 1. The van der Waals surface area contributed by atoms with Gasteiger partial charge >= 0.3 is 6.18 Å². The van der Waals surface area contributed by atoms with Crippen LogP contribution in [0.5, 0.6) is 5.75 Å². The van der Waals surface area contributed by atoms with Gasteiger partial charge in [-0.05, 0) is 23.5 Å². The van der Waals surface area contributed by atoms with Crippen LogP contribution in [-0.2, 0) is 5.41 Å². The molecule has 0 unspecified atom stereocenters. The molecule has 0 saturated heterocycles. The van der Waals surface area contributed by atoms with E-state index < -0.39 is 35.5 Å². The lowest BCUT2D eigenvalue weighted by atomic mass is 9.64. The molecular weight excluding hydrogens is 292 g/mol. The summed E-state index contributed by atoms with van der Waals surface area (Å²) >= 11 is 0. The lowest BCUT2D eigenvalue weighted by molar-refractivity contribution is -0.302. The van der Waals surface area contributed by atoms with Crippen LogP contribution in [0.15, 0.2) is 12.1 Å². The zero-order chi connectivity index (χ0) is 16.2. The van der Waals surface area contributed by atoms with Gasteiger partial charge in [-0.15, -0.1) is 0 Å². The molecule has 1 aromatic carbocycles. The minimum absolute atomic E-state index is 0.145. The van der Waals surface area contributed by atoms with E-state index >= 15 is 0 Å². The smallest absolute Gasteiger partial charge is 0.420 e. The number of alkyl halides is 3. The van der Waals surface area contributed by atoms with Crippen LogP contribution in [0.3, 0.4) is 0 Å². The molecular formula is C14H16F4O3. The SMILES string of the molecule is COc1c(F)ccc2c1C(C)(C)C[C@](O)(C(F)(F)F)[C@H]2O. The van der Waals surface area contributed by atoms with Crippen LogP contribution in [0, 0.1) is 5.82 Å². The van der Waals surface area contributed by atoms with E-state index in [2.05, 4.69) is 0 Å². The molecule has 0 bridgehead atoms. The molecule has 0 heterocycles. The van der Waals surface area contributed by atoms with Gasteiger partial charge in [0.25, 0.3) is 0 Å². The van der Waals surface area contributed by atoms with Crippen LogP contribution in [0.2, 0.25) is 0 Å². The van der Waals surface area contributed by atoms with Crippen molar-refractivity contribution in [2.45, 2.75) is 43.6 Å². The van der Waals surface area contributed by atoms with E-state index in [-0.39, 0.29) is 16.9 Å². The number of fused-ring (bicyclic) bond motifs is 1. The molecule has 21 heavy (non-hydrogen) atoms. The molecule has 0 aliphatic heterocycles. The maximum atomic E-state index is 13.8. The predicted molar refractivity (Wildman–Crippen MR) is 66.6 cm³/mol. The zero-order valence-corrected chi connectivity index (χ0v) is 11.8. The second-order valence-electron chi connectivity index (χ2n) is 5.93. The highest BCUT2D eigenvalue weighted by Gasteiger charge is 2.64. The molecule has 3 nitrogen and oxygen atoms in total. The quantitative estimate of drug-likeness (QED) is 0.784. The van der Waals surface area contributed by atoms with Gasteiger partial charge in [0.15, 0.2) is 17.2 Å². The third kappa shape index (κ3) is 2.19. The van der Waals surface area contributed by atoms with Crippen molar-refractivity contribution in [2.24, 2.45) is 0 Å². The summed E-state index contributed by atoms with van der Waals surface area (Å²) in [6.45, 7) is 2.88. The standard InChI is InChI=1S/C14H16F4O3/c1-12(2)6-13(20,14(16,17)18)11(19)7-4-5-8(15)10(21-3)9(7)12/h4-5,11,19-20H,6H2,1-3H3/t11-,13+/m0/s1. The molecule has 2 rings (SSSR count). The summed E-state index contributed by atoms with van der Waals surface area (Å²) in [6.07, 6.45) is -8.00. The van der Waals surface area contributed by atoms with Crippen LogP contribution in [0.1, 0.15) is 37.5 Å². The zero-order valence-electron chi connectivity index (χ0n) is 11.8. The topological polar surface area (TPSA) is 49.7 Å². The molecule has 0 fully saturated rings. The van der Waals surface area contributed by atoms with Crippen LogP contribution in [0.25, 0.3) is 0 Å². The molecule has 1 aliphatic carbocycles. The van der Waals surface area contributed by atoms with Crippen molar-refractivity contribution in [1.29, 1.82) is 0 Å². The monoisotopic (exact) mass is 308 g/mol. The van der Waals surface area contributed by atoms with E-state index in [4.69, 9.17) is 4.74 Å². The molecule has 1 aliphatic rings. The highest BCUT2D eigenvalue weighted by molar-refractivity contribution is 5.50. The fourth-order valence-corrected chi connectivity index (χ4v) is 3.07. The molecule has 7 heteroatoms. The summed E-state index contributed by atoms with van der Waals surface area (Å²) in [5, 5.41) is 20.0. The van der Waals surface area contributed by atoms with Gasteiger partial charge in [0.1, 0.15) is 6.10 Å². The van der Waals surface area contributed by atoms with Crippen LogP contribution in [0.4, 0.5) is 17.6 Å². The first-order chi connectivity index (χ1) is 9.45. The molecule has 118 valence electrons. The van der Waals surface area contributed by atoms with E-state index in [1.807, 2.05) is 0 Å². The third-order valence-electron chi connectivity index (χ3n) is 3.97. The average Bonchev–Trinajstić information content (AvgIpc) is 2.34. The van der Waals surface area contributed by atoms with E-state index in [9.17, 15) is 27.8 Å². The second kappa shape index (κ2) is 4.58. The maximum Gasteiger partial charge on any atom is 0.420 e. The molecule has 2 N–H and O–H groups in total. The minimum Gasteiger partial charge on any atom is -0.493 e. The van der Waals surface area contributed by atoms with Gasteiger partial charge in [0, 0.05) is 5.56 Å².